The van der Waals surface area contributed by atoms with Crippen LogP contribution >= 0.6 is 31.9 Å². The second-order valence-corrected chi connectivity index (χ2v) is 15.7. The van der Waals surface area contributed by atoms with Crippen molar-refractivity contribution >= 4 is 64.8 Å². The topological polar surface area (TPSA) is 184 Å². The number of nitriles is 2. The molecule has 0 aliphatic carbocycles. The zero-order valence-corrected chi connectivity index (χ0v) is 36.7. The molecule has 2 aliphatic heterocycles. The minimum atomic E-state index is -0.425. The Labute approximate surface area is 364 Å². The number of methoxy groups -OCH3 is 4. The number of nitrogens with zero attached hydrogens (tertiary/aromatic N) is 3. The third kappa shape index (κ3) is 7.08. The molecule has 0 saturated carbocycles. The fourth-order valence-corrected chi connectivity index (χ4v) is 9.08. The number of fused-ring (bicyclic) bond motifs is 6. The van der Waals surface area contributed by atoms with Crippen molar-refractivity contribution in [3.8, 4) is 46.6 Å². The van der Waals surface area contributed by atoms with Crippen molar-refractivity contribution in [1.29, 1.82) is 10.5 Å². The molecule has 0 aromatic heterocycles. The molecule has 2 aliphatic rings. The summed E-state index contributed by atoms with van der Waals surface area (Å²) in [5.74, 6) is 2.88. The Morgan fingerprint density at radius 3 is 1.47 bits per heavy atom. The smallest absolute Gasteiger partial charge is 0.205 e. The molecule has 0 amide bonds. The highest BCUT2D eigenvalue weighted by molar-refractivity contribution is 9.11. The van der Waals surface area contributed by atoms with Crippen LogP contribution in [0.4, 0.5) is 11.4 Å². The fraction of sp³-hybridized carbons (Fsp3) is 0.174. The second kappa shape index (κ2) is 16.9. The van der Waals surface area contributed by atoms with E-state index in [1.807, 2.05) is 86.9 Å². The van der Waals surface area contributed by atoms with Gasteiger partial charge >= 0.3 is 0 Å². The molecular weight excluding hydrogens is 892 g/mol. The Bertz CT molecular complexity index is 2860. The summed E-state index contributed by atoms with van der Waals surface area (Å²) in [7, 11) is 10.3. The standard InChI is InChI=1S/C24H22BrN3O3.C22H18BrN3O3/c1-28(2)19-7-5-6-15-14(19)8-9-16-21(17(12-26)24(27)31-22(15)16)13-10-18(25)23(30-4)20(11-13)29-3;1-27-18-9-11(8-16(23)21(18)28-2)19-14-7-6-12-13(4-3-5-17(12)25)20(14)29-22(26)15(19)10-24/h5-11,21H,27H2,1-4H3;3-9,19H,25-26H2,1-2H3. The number of nitrogen functional groups attached to an aromatic ring is 1. The van der Waals surface area contributed by atoms with Crippen molar-refractivity contribution in [1.82, 2.24) is 0 Å². The van der Waals surface area contributed by atoms with Crippen molar-refractivity contribution in [2.75, 3.05) is 53.2 Å². The quantitative estimate of drug-likeness (QED) is 0.129. The maximum absolute atomic E-state index is 9.90. The third-order valence-electron chi connectivity index (χ3n) is 10.6. The Hall–Kier alpha value is -6.74. The van der Waals surface area contributed by atoms with Gasteiger partial charge in [-0.2, -0.15) is 10.5 Å². The lowest BCUT2D eigenvalue weighted by atomic mass is 9.82. The van der Waals surface area contributed by atoms with E-state index in [-0.39, 0.29) is 11.8 Å². The van der Waals surface area contributed by atoms with Gasteiger partial charge in [0.2, 0.25) is 11.8 Å². The number of hydrogen-bond acceptors (Lipinski definition) is 12. The number of ether oxygens (including phenoxy) is 6. The van der Waals surface area contributed by atoms with Crippen LogP contribution in [-0.2, 0) is 0 Å². The normalized spacial score (nSPS) is 15.3. The van der Waals surface area contributed by atoms with Gasteiger partial charge < -0.3 is 50.5 Å². The predicted octanol–water partition coefficient (Wildman–Crippen LogP) is 9.32. The lowest BCUT2D eigenvalue weighted by Crippen LogP contribution is -2.21. The highest BCUT2D eigenvalue weighted by Crippen LogP contribution is 2.50. The summed E-state index contributed by atoms with van der Waals surface area (Å²) in [6.45, 7) is 0. The molecule has 12 nitrogen and oxygen atoms in total. The number of halogens is 2. The van der Waals surface area contributed by atoms with Crippen LogP contribution < -0.4 is 50.5 Å². The van der Waals surface area contributed by atoms with Crippen LogP contribution in [0.2, 0.25) is 0 Å². The van der Waals surface area contributed by atoms with Crippen LogP contribution in [0.1, 0.15) is 34.1 Å². The Kier molecular flexibility index (Phi) is 11.6. The van der Waals surface area contributed by atoms with E-state index < -0.39 is 11.8 Å². The van der Waals surface area contributed by atoms with Crippen LogP contribution in [0.25, 0.3) is 21.5 Å². The third-order valence-corrected chi connectivity index (χ3v) is 11.7. The van der Waals surface area contributed by atoms with E-state index >= 15 is 0 Å². The fourth-order valence-electron chi connectivity index (χ4n) is 7.84. The first-order chi connectivity index (χ1) is 28.9. The summed E-state index contributed by atoms with van der Waals surface area (Å²) in [5, 5.41) is 23.4. The number of rotatable bonds is 7. The highest BCUT2D eigenvalue weighted by Gasteiger charge is 2.35. The van der Waals surface area contributed by atoms with Gasteiger partial charge in [-0.1, -0.05) is 48.5 Å². The number of nitrogens with two attached hydrogens (primary N) is 3. The molecule has 0 spiro atoms. The molecule has 14 heteroatoms. The molecular formula is C46H40Br2N6O6. The van der Waals surface area contributed by atoms with Crippen molar-refractivity contribution in [3.63, 3.8) is 0 Å². The van der Waals surface area contributed by atoms with Crippen molar-refractivity contribution in [2.24, 2.45) is 11.5 Å². The first-order valence-corrected chi connectivity index (χ1v) is 20.0. The summed E-state index contributed by atoms with van der Waals surface area (Å²) in [6.07, 6.45) is 0. The molecule has 2 atom stereocenters. The zero-order chi connectivity index (χ0) is 43.0. The second-order valence-electron chi connectivity index (χ2n) is 14.0. The average Bonchev–Trinajstić information content (AvgIpc) is 3.24. The summed E-state index contributed by atoms with van der Waals surface area (Å²) in [6, 6.07) is 31.6. The van der Waals surface area contributed by atoms with E-state index in [0.717, 1.165) is 54.0 Å². The van der Waals surface area contributed by atoms with E-state index in [1.165, 1.54) is 0 Å². The Balaban J connectivity index is 0.000000182. The summed E-state index contributed by atoms with van der Waals surface area (Å²) < 4.78 is 35.2. The molecule has 0 bridgehead atoms. The van der Waals surface area contributed by atoms with Gasteiger partial charge in [-0.25, -0.2) is 0 Å². The van der Waals surface area contributed by atoms with Gasteiger partial charge in [0.05, 0.1) is 49.2 Å². The van der Waals surface area contributed by atoms with E-state index in [0.29, 0.717) is 55.8 Å². The highest BCUT2D eigenvalue weighted by atomic mass is 79.9. The minimum Gasteiger partial charge on any atom is -0.493 e. The molecule has 0 radical (unpaired) electrons. The van der Waals surface area contributed by atoms with Gasteiger partial charge in [-0.15, -0.1) is 0 Å². The number of hydrogen-bond donors (Lipinski definition) is 3. The van der Waals surface area contributed by atoms with Gasteiger partial charge in [0, 0.05) is 58.1 Å². The van der Waals surface area contributed by atoms with E-state index in [1.54, 1.807) is 28.4 Å². The van der Waals surface area contributed by atoms with Crippen LogP contribution in [0.3, 0.4) is 0 Å². The first-order valence-electron chi connectivity index (χ1n) is 18.4. The molecule has 6 N–H and O–H groups in total. The van der Waals surface area contributed by atoms with Crippen molar-refractivity contribution in [2.45, 2.75) is 11.8 Å². The number of benzene rings is 6. The lowest BCUT2D eigenvalue weighted by molar-refractivity contribution is 0.352. The zero-order valence-electron chi connectivity index (χ0n) is 33.5. The van der Waals surface area contributed by atoms with Gasteiger partial charge in [0.25, 0.3) is 0 Å². The molecule has 8 rings (SSSR count). The summed E-state index contributed by atoms with van der Waals surface area (Å²) in [5.41, 5.74) is 24.3. The van der Waals surface area contributed by atoms with Gasteiger partial charge in [0.15, 0.2) is 23.0 Å². The molecule has 2 unspecified atom stereocenters. The summed E-state index contributed by atoms with van der Waals surface area (Å²) in [4.78, 5) is 2.06. The molecule has 304 valence electrons. The van der Waals surface area contributed by atoms with E-state index in [4.69, 9.17) is 45.6 Å². The molecule has 2 heterocycles. The van der Waals surface area contributed by atoms with Gasteiger partial charge in [0.1, 0.15) is 34.8 Å². The molecule has 0 saturated heterocycles. The maximum atomic E-state index is 9.90. The molecule has 0 fully saturated rings. The van der Waals surface area contributed by atoms with E-state index in [9.17, 15) is 10.5 Å². The van der Waals surface area contributed by atoms with Crippen molar-refractivity contribution < 1.29 is 28.4 Å². The lowest BCUT2D eigenvalue weighted by Gasteiger charge is -2.29. The van der Waals surface area contributed by atoms with Crippen LogP contribution in [0.15, 0.2) is 117 Å². The Morgan fingerprint density at radius 2 is 1.03 bits per heavy atom. The number of allylic oxidation sites excluding steroid dienone is 2. The van der Waals surface area contributed by atoms with Crippen molar-refractivity contribution in [3.05, 3.63) is 139 Å². The predicted molar refractivity (Wildman–Crippen MR) is 240 cm³/mol. The molecule has 60 heavy (non-hydrogen) atoms. The van der Waals surface area contributed by atoms with Gasteiger partial charge in [-0.05, 0) is 79.4 Å². The Morgan fingerprint density at radius 1 is 0.583 bits per heavy atom. The summed E-state index contributed by atoms with van der Waals surface area (Å²) >= 11 is 7.08. The largest absolute Gasteiger partial charge is 0.493 e. The first kappa shape index (κ1) is 41.4. The SMILES string of the molecule is COc1cc(C2C(C#N)=C(N)Oc3c2ccc2c(N(C)C)cccc32)cc(Br)c1OC.COc1cc(C2C(C#N)=C(N)Oc3c2ccc2c(N)cccc32)cc(Br)c1OC. The van der Waals surface area contributed by atoms with Gasteiger partial charge in [-0.3, -0.25) is 0 Å². The molecule has 6 aromatic carbocycles. The van der Waals surface area contributed by atoms with E-state index in [2.05, 4.69) is 61.0 Å². The minimum absolute atomic E-state index is 0.0748. The van der Waals surface area contributed by atoms with Crippen LogP contribution in [-0.4, -0.2) is 42.5 Å². The average molecular weight is 933 g/mol. The maximum Gasteiger partial charge on any atom is 0.205 e. The van der Waals surface area contributed by atoms with Crippen LogP contribution in [0.5, 0.6) is 34.5 Å². The number of anilines is 2. The monoisotopic (exact) mass is 930 g/mol. The molecule has 6 aromatic rings. The van der Waals surface area contributed by atoms with Crippen LogP contribution in [0, 0.1) is 22.7 Å².